The Morgan fingerprint density at radius 3 is 2.60 bits per heavy atom. The Morgan fingerprint density at radius 2 is 2.30 bits per heavy atom. The highest BCUT2D eigenvalue weighted by Gasteiger charge is 2.08. The second-order valence-electron chi connectivity index (χ2n) is 1.82. The zero-order valence-electron chi connectivity index (χ0n) is 5.78. The van der Waals surface area contributed by atoms with E-state index < -0.39 is 6.09 Å². The number of hydrogen-bond donors (Lipinski definition) is 1. The van der Waals surface area contributed by atoms with Crippen LogP contribution >= 0.6 is 0 Å². The molecule has 0 saturated carbocycles. The molecule has 1 amide bonds. The Morgan fingerprint density at radius 1 is 1.70 bits per heavy atom. The highest BCUT2D eigenvalue weighted by Crippen LogP contribution is 1.91. The lowest BCUT2D eigenvalue weighted by Crippen LogP contribution is -2.29. The molecular formula is C5H10N2O3. The molecule has 58 valence electrons. The highest BCUT2D eigenvalue weighted by molar-refractivity contribution is 5.64. The molecule has 10 heavy (non-hydrogen) atoms. The van der Waals surface area contributed by atoms with Gasteiger partial charge in [0.25, 0.3) is 0 Å². The summed E-state index contributed by atoms with van der Waals surface area (Å²) in [5.74, 6) is 0. The molecule has 0 aliphatic carbocycles. The largest absolute Gasteiger partial charge is 0.465 e. The number of nitroso groups, excluding NO2 is 1. The van der Waals surface area contributed by atoms with Crippen molar-refractivity contribution in [2.75, 3.05) is 13.2 Å². The van der Waals surface area contributed by atoms with E-state index in [1.165, 1.54) is 0 Å². The van der Waals surface area contributed by atoms with Gasteiger partial charge in [0.1, 0.15) is 0 Å². The molecule has 0 fully saturated rings. The van der Waals surface area contributed by atoms with Crippen molar-refractivity contribution in [3.63, 3.8) is 0 Å². The number of carboxylic acid groups (broad SMARTS) is 1. The van der Waals surface area contributed by atoms with Gasteiger partial charge in [-0.05, 0) is 11.6 Å². The summed E-state index contributed by atoms with van der Waals surface area (Å²) in [5, 5.41) is 10.8. The first-order valence-electron chi connectivity index (χ1n) is 2.99. The Bertz CT molecular complexity index is 126. The van der Waals surface area contributed by atoms with Crippen LogP contribution in [0.15, 0.2) is 5.18 Å². The van der Waals surface area contributed by atoms with E-state index in [0.29, 0.717) is 13.0 Å². The minimum atomic E-state index is -1.10. The normalized spacial score (nSPS) is 8.90. The molecule has 0 bridgehead atoms. The van der Waals surface area contributed by atoms with E-state index in [4.69, 9.17) is 5.11 Å². The molecule has 5 nitrogen and oxygen atoms in total. The molecule has 5 heteroatoms. The van der Waals surface area contributed by atoms with Crippen LogP contribution in [0.4, 0.5) is 4.79 Å². The second kappa shape index (κ2) is 4.72. The SMILES string of the molecule is CCCN(CN=O)C(=O)O. The summed E-state index contributed by atoms with van der Waals surface area (Å²) in [6.07, 6.45) is -0.400. The molecule has 0 atom stereocenters. The van der Waals surface area contributed by atoms with Gasteiger partial charge in [-0.3, -0.25) is 4.90 Å². The molecule has 0 radical (unpaired) electrons. The lowest BCUT2D eigenvalue weighted by Gasteiger charge is -2.12. The summed E-state index contributed by atoms with van der Waals surface area (Å²) in [7, 11) is 0. The van der Waals surface area contributed by atoms with Crippen molar-refractivity contribution in [2.45, 2.75) is 13.3 Å². The predicted octanol–water partition coefficient (Wildman–Crippen LogP) is 1.10. The van der Waals surface area contributed by atoms with Crippen molar-refractivity contribution in [3.8, 4) is 0 Å². The van der Waals surface area contributed by atoms with Crippen LogP contribution in [-0.2, 0) is 0 Å². The number of rotatable bonds is 4. The average molecular weight is 146 g/mol. The van der Waals surface area contributed by atoms with E-state index >= 15 is 0 Å². The molecule has 0 unspecified atom stereocenters. The third kappa shape index (κ3) is 3.01. The van der Waals surface area contributed by atoms with Gasteiger partial charge in [0, 0.05) is 6.54 Å². The van der Waals surface area contributed by atoms with Crippen molar-refractivity contribution in [2.24, 2.45) is 5.18 Å². The molecule has 0 rings (SSSR count). The minimum absolute atomic E-state index is 0.275. The van der Waals surface area contributed by atoms with Crippen molar-refractivity contribution >= 4 is 6.09 Å². The van der Waals surface area contributed by atoms with Gasteiger partial charge in [-0.15, -0.1) is 4.91 Å². The average Bonchev–Trinajstić information content (AvgIpc) is 1.87. The van der Waals surface area contributed by atoms with Crippen LogP contribution in [0, 0.1) is 4.91 Å². The predicted molar refractivity (Wildman–Crippen MR) is 35.7 cm³/mol. The summed E-state index contributed by atoms with van der Waals surface area (Å²) < 4.78 is 0. The number of hydrogen-bond acceptors (Lipinski definition) is 3. The van der Waals surface area contributed by atoms with E-state index in [2.05, 4.69) is 5.18 Å². The van der Waals surface area contributed by atoms with Crippen LogP contribution in [0.1, 0.15) is 13.3 Å². The van der Waals surface area contributed by atoms with E-state index in [0.717, 1.165) is 4.90 Å². The molecule has 0 saturated heterocycles. The van der Waals surface area contributed by atoms with Gasteiger partial charge in [-0.1, -0.05) is 6.92 Å². The third-order valence-electron chi connectivity index (χ3n) is 0.992. The smallest absolute Gasteiger partial charge is 0.408 e. The highest BCUT2D eigenvalue weighted by atomic mass is 16.4. The first-order chi connectivity index (χ1) is 4.72. The fraction of sp³-hybridized carbons (Fsp3) is 0.800. The molecule has 0 aliphatic heterocycles. The van der Waals surface area contributed by atoms with Crippen LogP contribution in [-0.4, -0.2) is 29.3 Å². The zero-order chi connectivity index (χ0) is 7.98. The second-order valence-corrected chi connectivity index (χ2v) is 1.82. The molecule has 1 N–H and O–H groups in total. The van der Waals surface area contributed by atoms with Gasteiger partial charge in [0.2, 0.25) is 0 Å². The van der Waals surface area contributed by atoms with E-state index in [-0.39, 0.29) is 6.67 Å². The van der Waals surface area contributed by atoms with Crippen LogP contribution in [0.25, 0.3) is 0 Å². The van der Waals surface area contributed by atoms with Crippen molar-refractivity contribution < 1.29 is 9.90 Å². The van der Waals surface area contributed by atoms with Gasteiger partial charge < -0.3 is 5.11 Å². The fourth-order valence-electron chi connectivity index (χ4n) is 0.566. The van der Waals surface area contributed by atoms with Crippen molar-refractivity contribution in [3.05, 3.63) is 4.91 Å². The first kappa shape index (κ1) is 8.87. The Hall–Kier alpha value is -1.13. The lowest BCUT2D eigenvalue weighted by atomic mass is 10.4. The molecule has 0 aromatic carbocycles. The van der Waals surface area contributed by atoms with Crippen LogP contribution in [0.3, 0.4) is 0 Å². The first-order valence-corrected chi connectivity index (χ1v) is 2.99. The maximum atomic E-state index is 10.2. The molecule has 0 heterocycles. The summed E-state index contributed by atoms with van der Waals surface area (Å²) in [6.45, 7) is 1.92. The Kier molecular flexibility index (Phi) is 4.19. The van der Waals surface area contributed by atoms with Crippen LogP contribution in [0.2, 0.25) is 0 Å². The van der Waals surface area contributed by atoms with Gasteiger partial charge in [0.05, 0.1) is 0 Å². The van der Waals surface area contributed by atoms with E-state index in [9.17, 15) is 9.70 Å². The van der Waals surface area contributed by atoms with Crippen LogP contribution < -0.4 is 0 Å². The third-order valence-corrected chi connectivity index (χ3v) is 0.992. The van der Waals surface area contributed by atoms with E-state index in [1.54, 1.807) is 0 Å². The van der Waals surface area contributed by atoms with Crippen molar-refractivity contribution in [1.29, 1.82) is 0 Å². The van der Waals surface area contributed by atoms with E-state index in [1.807, 2.05) is 6.92 Å². The quantitative estimate of drug-likeness (QED) is 0.603. The van der Waals surface area contributed by atoms with Crippen molar-refractivity contribution in [1.82, 2.24) is 4.90 Å². The molecule has 0 aliphatic rings. The molecule has 0 aromatic rings. The summed E-state index contributed by atoms with van der Waals surface area (Å²) in [4.78, 5) is 20.8. The number of amides is 1. The number of nitrogens with zero attached hydrogens (tertiary/aromatic N) is 2. The van der Waals surface area contributed by atoms with Gasteiger partial charge in [-0.25, -0.2) is 4.79 Å². The summed E-state index contributed by atoms with van der Waals surface area (Å²) in [5.41, 5.74) is 0. The fourth-order valence-corrected chi connectivity index (χ4v) is 0.566. The van der Waals surface area contributed by atoms with Gasteiger partial charge in [0.15, 0.2) is 6.67 Å². The minimum Gasteiger partial charge on any atom is -0.465 e. The zero-order valence-corrected chi connectivity index (χ0v) is 5.78. The maximum Gasteiger partial charge on any atom is 0.408 e. The molecule has 0 spiro atoms. The van der Waals surface area contributed by atoms with Gasteiger partial charge >= 0.3 is 6.09 Å². The monoisotopic (exact) mass is 146 g/mol. The topological polar surface area (TPSA) is 70.0 Å². The standard InChI is InChI=1S/C5H10N2O3/c1-2-3-7(4-6-10)5(8)9/h2-4H2,1H3,(H,8,9). The molecule has 0 aromatic heterocycles. The van der Waals surface area contributed by atoms with Crippen LogP contribution in [0.5, 0.6) is 0 Å². The Labute approximate surface area is 58.6 Å². The Balaban J connectivity index is 3.71. The lowest BCUT2D eigenvalue weighted by molar-refractivity contribution is 0.146. The summed E-state index contributed by atoms with van der Waals surface area (Å²) >= 11 is 0. The maximum absolute atomic E-state index is 10.2. The number of carbonyl (C=O) groups is 1. The summed E-state index contributed by atoms with van der Waals surface area (Å²) in [6, 6.07) is 0. The molecular weight excluding hydrogens is 136 g/mol. The van der Waals surface area contributed by atoms with Gasteiger partial charge in [-0.2, -0.15) is 0 Å².